The van der Waals surface area contributed by atoms with Crippen molar-refractivity contribution in [3.8, 4) is 0 Å². The van der Waals surface area contributed by atoms with Gasteiger partial charge < -0.3 is 4.90 Å². The molecule has 0 aliphatic carbocycles. The van der Waals surface area contributed by atoms with Gasteiger partial charge in [0.1, 0.15) is 0 Å². The molecule has 1 aromatic carbocycles. The van der Waals surface area contributed by atoms with Crippen LogP contribution in [-0.4, -0.2) is 24.8 Å². The lowest BCUT2D eigenvalue weighted by Gasteiger charge is -2.13. The van der Waals surface area contributed by atoms with E-state index < -0.39 is 0 Å². The van der Waals surface area contributed by atoms with Crippen molar-refractivity contribution in [1.29, 1.82) is 0 Å². The Balaban J connectivity index is 2.83. The summed E-state index contributed by atoms with van der Waals surface area (Å²) in [7, 11) is 3.84. The van der Waals surface area contributed by atoms with Crippen molar-refractivity contribution in [2.45, 2.75) is 19.8 Å². The van der Waals surface area contributed by atoms with E-state index in [1.165, 1.54) is 0 Å². The summed E-state index contributed by atoms with van der Waals surface area (Å²) >= 11 is 0. The van der Waals surface area contributed by atoms with Crippen LogP contribution in [0.3, 0.4) is 0 Å². The van der Waals surface area contributed by atoms with E-state index in [0.717, 1.165) is 11.1 Å². The predicted octanol–water partition coefficient (Wildman–Crippen LogP) is 2.82. The van der Waals surface area contributed by atoms with Crippen molar-refractivity contribution in [2.75, 3.05) is 14.1 Å². The Morgan fingerprint density at radius 3 is 2.31 bits per heavy atom. The molecule has 1 unspecified atom stereocenters. The number of hydrogen-bond acceptors (Lipinski definition) is 2. The van der Waals surface area contributed by atoms with Crippen molar-refractivity contribution >= 4 is 5.78 Å². The Morgan fingerprint density at radius 2 is 1.81 bits per heavy atom. The first-order valence-electron chi connectivity index (χ1n) is 5.46. The fourth-order valence-electron chi connectivity index (χ4n) is 1.69. The lowest BCUT2D eigenvalue weighted by molar-refractivity contribution is -0.116. The summed E-state index contributed by atoms with van der Waals surface area (Å²) in [6.45, 7) is 3.81. The minimum atomic E-state index is -0.0719. The zero-order chi connectivity index (χ0) is 12.1. The first-order chi connectivity index (χ1) is 7.52. The number of ketones is 1. The quantitative estimate of drug-likeness (QED) is 0.723. The lowest BCUT2D eigenvalue weighted by Crippen LogP contribution is -2.13. The summed E-state index contributed by atoms with van der Waals surface area (Å²) in [5, 5.41) is 0. The summed E-state index contributed by atoms with van der Waals surface area (Å²) < 4.78 is 0. The smallest absolute Gasteiger partial charge is 0.167 e. The molecule has 0 bridgehead atoms. The predicted molar refractivity (Wildman–Crippen MR) is 67.3 cm³/mol. The van der Waals surface area contributed by atoms with Crippen molar-refractivity contribution in [2.24, 2.45) is 0 Å². The molecule has 0 amide bonds. The minimum absolute atomic E-state index is 0.0719. The fourth-order valence-corrected chi connectivity index (χ4v) is 1.69. The monoisotopic (exact) mass is 217 g/mol. The van der Waals surface area contributed by atoms with Crippen molar-refractivity contribution in [3.05, 3.63) is 47.7 Å². The minimum Gasteiger partial charge on any atom is -0.383 e. The third kappa shape index (κ3) is 3.23. The third-order valence-electron chi connectivity index (χ3n) is 2.53. The largest absolute Gasteiger partial charge is 0.383 e. The van der Waals surface area contributed by atoms with Crippen LogP contribution in [-0.2, 0) is 4.79 Å². The molecular formula is C14H19NO. The summed E-state index contributed by atoms with van der Waals surface area (Å²) in [6, 6.07) is 9.87. The highest BCUT2D eigenvalue weighted by molar-refractivity contribution is 5.99. The van der Waals surface area contributed by atoms with Crippen LogP contribution in [0.5, 0.6) is 0 Å². The third-order valence-corrected chi connectivity index (χ3v) is 2.53. The van der Waals surface area contributed by atoms with Gasteiger partial charge in [0, 0.05) is 31.8 Å². The van der Waals surface area contributed by atoms with E-state index >= 15 is 0 Å². The number of allylic oxidation sites excluding steroid dienone is 1. The molecule has 1 atom stereocenters. The molecular weight excluding hydrogens is 198 g/mol. The highest BCUT2D eigenvalue weighted by Crippen LogP contribution is 2.19. The van der Waals surface area contributed by atoms with E-state index in [9.17, 15) is 4.79 Å². The normalized spacial score (nSPS) is 13.4. The van der Waals surface area contributed by atoms with E-state index in [-0.39, 0.29) is 11.7 Å². The molecule has 0 spiro atoms. The van der Waals surface area contributed by atoms with Gasteiger partial charge in [0.15, 0.2) is 5.78 Å². The summed E-state index contributed by atoms with van der Waals surface area (Å²) in [6.07, 6.45) is 1.86. The SMILES string of the molecule is CC(=CN(C)C)C(=O)C(C)c1ccccc1. The Bertz CT molecular complexity index is 379. The van der Waals surface area contributed by atoms with Gasteiger partial charge in [-0.05, 0) is 12.5 Å². The number of rotatable bonds is 4. The topological polar surface area (TPSA) is 20.3 Å². The second-order valence-corrected chi connectivity index (χ2v) is 4.27. The molecule has 1 rings (SSSR count). The summed E-state index contributed by atoms with van der Waals surface area (Å²) in [4.78, 5) is 14.0. The number of Topliss-reactive ketones (excluding diaryl/α,β-unsaturated/α-hetero) is 1. The molecule has 2 nitrogen and oxygen atoms in total. The van der Waals surface area contributed by atoms with E-state index in [0.29, 0.717) is 0 Å². The highest BCUT2D eigenvalue weighted by Gasteiger charge is 2.16. The van der Waals surface area contributed by atoms with Gasteiger partial charge in [-0.1, -0.05) is 37.3 Å². The molecule has 1 aromatic rings. The van der Waals surface area contributed by atoms with Gasteiger partial charge in [-0.15, -0.1) is 0 Å². The number of nitrogens with zero attached hydrogens (tertiary/aromatic N) is 1. The summed E-state index contributed by atoms with van der Waals surface area (Å²) in [5.41, 5.74) is 1.86. The van der Waals surface area contributed by atoms with Crippen molar-refractivity contribution < 1.29 is 4.79 Å². The Morgan fingerprint density at radius 1 is 1.25 bits per heavy atom. The maximum atomic E-state index is 12.1. The zero-order valence-electron chi connectivity index (χ0n) is 10.4. The molecule has 0 saturated carbocycles. The molecule has 0 aromatic heterocycles. The molecule has 2 heteroatoms. The van der Waals surface area contributed by atoms with Crippen molar-refractivity contribution in [3.63, 3.8) is 0 Å². The van der Waals surface area contributed by atoms with Crippen LogP contribution >= 0.6 is 0 Å². The Hall–Kier alpha value is -1.57. The number of benzene rings is 1. The van der Waals surface area contributed by atoms with Crippen LogP contribution in [0.25, 0.3) is 0 Å². The molecule has 0 heterocycles. The van der Waals surface area contributed by atoms with Gasteiger partial charge in [-0.3, -0.25) is 4.79 Å². The van der Waals surface area contributed by atoms with Crippen LogP contribution in [0.15, 0.2) is 42.1 Å². The van der Waals surface area contributed by atoms with E-state index in [2.05, 4.69) is 0 Å². The van der Waals surface area contributed by atoms with Crippen LogP contribution in [0.4, 0.5) is 0 Å². The molecule has 0 fully saturated rings. The van der Waals surface area contributed by atoms with Crippen LogP contribution in [0, 0.1) is 0 Å². The average molecular weight is 217 g/mol. The molecule has 0 N–H and O–H groups in total. The standard InChI is InChI=1S/C14H19NO/c1-11(10-15(3)4)14(16)12(2)13-8-6-5-7-9-13/h5-10,12H,1-4H3. The first-order valence-corrected chi connectivity index (χ1v) is 5.46. The summed E-state index contributed by atoms with van der Waals surface area (Å²) in [5.74, 6) is 0.109. The molecule has 0 aliphatic rings. The Kier molecular flexibility index (Phi) is 4.29. The van der Waals surface area contributed by atoms with Gasteiger partial charge in [-0.25, -0.2) is 0 Å². The highest BCUT2D eigenvalue weighted by atomic mass is 16.1. The maximum Gasteiger partial charge on any atom is 0.167 e. The second-order valence-electron chi connectivity index (χ2n) is 4.27. The number of carbonyl (C=O) groups excluding carboxylic acids is 1. The van der Waals surface area contributed by atoms with Gasteiger partial charge in [0.2, 0.25) is 0 Å². The van der Waals surface area contributed by atoms with E-state index in [1.54, 1.807) is 0 Å². The molecule has 0 saturated heterocycles. The van der Waals surface area contributed by atoms with Gasteiger partial charge in [-0.2, -0.15) is 0 Å². The zero-order valence-corrected chi connectivity index (χ0v) is 10.4. The Labute approximate surface area is 97.6 Å². The molecule has 0 radical (unpaired) electrons. The number of carbonyl (C=O) groups is 1. The fraction of sp³-hybridized carbons (Fsp3) is 0.357. The van der Waals surface area contributed by atoms with Crippen LogP contribution < -0.4 is 0 Å². The molecule has 86 valence electrons. The first kappa shape index (κ1) is 12.5. The maximum absolute atomic E-state index is 12.1. The van der Waals surface area contributed by atoms with Gasteiger partial charge in [0.25, 0.3) is 0 Å². The van der Waals surface area contributed by atoms with E-state index in [1.807, 2.05) is 69.4 Å². The van der Waals surface area contributed by atoms with Crippen molar-refractivity contribution in [1.82, 2.24) is 4.90 Å². The molecule has 0 aliphatic heterocycles. The second kappa shape index (κ2) is 5.50. The number of hydrogen-bond donors (Lipinski definition) is 0. The average Bonchev–Trinajstić information content (AvgIpc) is 2.27. The van der Waals surface area contributed by atoms with E-state index in [4.69, 9.17) is 0 Å². The van der Waals surface area contributed by atoms with Crippen LogP contribution in [0.2, 0.25) is 0 Å². The van der Waals surface area contributed by atoms with Crippen LogP contribution in [0.1, 0.15) is 25.3 Å². The molecule has 16 heavy (non-hydrogen) atoms. The van der Waals surface area contributed by atoms with Gasteiger partial charge >= 0.3 is 0 Å². The van der Waals surface area contributed by atoms with Gasteiger partial charge in [0.05, 0.1) is 0 Å². The lowest BCUT2D eigenvalue weighted by atomic mass is 9.93.